The number of carbonyl (C=O) groups is 3. The SMILES string of the molecule is CCC(C)NC(=O)c1nc(C(=O)N2CCN(C=O)CC2)c2ccccn12. The van der Waals surface area contributed by atoms with Crippen LogP contribution in [0.1, 0.15) is 41.4 Å². The van der Waals surface area contributed by atoms with E-state index in [0.717, 1.165) is 12.8 Å². The Hall–Kier alpha value is -2.90. The summed E-state index contributed by atoms with van der Waals surface area (Å²) in [6.07, 6.45) is 3.34. The van der Waals surface area contributed by atoms with E-state index in [9.17, 15) is 14.4 Å². The fraction of sp³-hybridized carbons (Fsp3) is 0.444. The van der Waals surface area contributed by atoms with E-state index in [4.69, 9.17) is 0 Å². The number of aromatic nitrogens is 2. The molecule has 8 heteroatoms. The maximum Gasteiger partial charge on any atom is 0.287 e. The largest absolute Gasteiger partial charge is 0.347 e. The molecule has 3 amide bonds. The fourth-order valence-corrected chi connectivity index (χ4v) is 2.93. The van der Waals surface area contributed by atoms with Gasteiger partial charge in [0.25, 0.3) is 11.8 Å². The zero-order valence-corrected chi connectivity index (χ0v) is 15.0. The number of amides is 3. The first-order valence-electron chi connectivity index (χ1n) is 8.81. The zero-order valence-electron chi connectivity index (χ0n) is 15.0. The van der Waals surface area contributed by atoms with Crippen LogP contribution in [-0.4, -0.2) is 69.6 Å². The standard InChI is InChI=1S/C18H23N5O3/c1-3-13(2)19-17(25)16-20-15(14-6-4-5-7-23(14)16)18(26)22-10-8-21(12-24)9-11-22/h4-7,12-13H,3,8-11H2,1-2H3,(H,19,25). The summed E-state index contributed by atoms with van der Waals surface area (Å²) in [5.41, 5.74) is 0.865. The third-order valence-corrected chi connectivity index (χ3v) is 4.69. The molecule has 3 heterocycles. The van der Waals surface area contributed by atoms with Gasteiger partial charge in [-0.1, -0.05) is 13.0 Å². The Kier molecular flexibility index (Phi) is 5.20. The third kappa shape index (κ3) is 3.40. The fourth-order valence-electron chi connectivity index (χ4n) is 2.93. The zero-order chi connectivity index (χ0) is 18.7. The molecule has 0 saturated carbocycles. The van der Waals surface area contributed by atoms with Gasteiger partial charge < -0.3 is 15.1 Å². The predicted octanol–water partition coefficient (Wildman–Crippen LogP) is 0.777. The molecule has 0 aliphatic carbocycles. The second-order valence-corrected chi connectivity index (χ2v) is 6.46. The quantitative estimate of drug-likeness (QED) is 0.801. The number of nitrogens with one attached hydrogen (secondary N) is 1. The first-order valence-corrected chi connectivity index (χ1v) is 8.81. The summed E-state index contributed by atoms with van der Waals surface area (Å²) in [6.45, 7) is 5.83. The molecule has 1 atom stereocenters. The third-order valence-electron chi connectivity index (χ3n) is 4.69. The van der Waals surface area contributed by atoms with Crippen LogP contribution >= 0.6 is 0 Å². The first-order chi connectivity index (χ1) is 12.5. The number of carbonyl (C=O) groups excluding carboxylic acids is 3. The molecular weight excluding hydrogens is 334 g/mol. The summed E-state index contributed by atoms with van der Waals surface area (Å²) in [7, 11) is 0. The second kappa shape index (κ2) is 7.55. The molecule has 0 radical (unpaired) electrons. The molecular formula is C18H23N5O3. The van der Waals surface area contributed by atoms with Crippen LogP contribution in [-0.2, 0) is 4.79 Å². The molecule has 26 heavy (non-hydrogen) atoms. The van der Waals surface area contributed by atoms with Gasteiger partial charge in [-0.15, -0.1) is 0 Å². The van der Waals surface area contributed by atoms with E-state index < -0.39 is 0 Å². The average Bonchev–Trinajstić information content (AvgIpc) is 3.07. The Labute approximate surface area is 151 Å². The van der Waals surface area contributed by atoms with Crippen molar-refractivity contribution in [2.45, 2.75) is 26.3 Å². The highest BCUT2D eigenvalue weighted by Gasteiger charge is 2.27. The highest BCUT2D eigenvalue weighted by molar-refractivity contribution is 6.02. The number of rotatable bonds is 5. The minimum absolute atomic E-state index is 0.0223. The number of imidazole rings is 1. The summed E-state index contributed by atoms with van der Waals surface area (Å²) in [6, 6.07) is 5.41. The van der Waals surface area contributed by atoms with E-state index in [-0.39, 0.29) is 29.4 Å². The van der Waals surface area contributed by atoms with Gasteiger partial charge in [-0.05, 0) is 25.5 Å². The lowest BCUT2D eigenvalue weighted by atomic mass is 10.2. The van der Waals surface area contributed by atoms with E-state index in [1.807, 2.05) is 19.9 Å². The molecule has 1 aliphatic rings. The summed E-state index contributed by atoms with van der Waals surface area (Å²) >= 11 is 0. The first kappa shape index (κ1) is 17.9. The highest BCUT2D eigenvalue weighted by Crippen LogP contribution is 2.16. The molecule has 0 aromatic carbocycles. The normalized spacial score (nSPS) is 15.8. The van der Waals surface area contributed by atoms with E-state index >= 15 is 0 Å². The Balaban J connectivity index is 1.90. The van der Waals surface area contributed by atoms with Crippen molar-refractivity contribution in [3.8, 4) is 0 Å². The van der Waals surface area contributed by atoms with Crippen molar-refractivity contribution in [2.75, 3.05) is 26.2 Å². The number of nitrogens with zero attached hydrogens (tertiary/aromatic N) is 4. The van der Waals surface area contributed by atoms with Crippen LogP contribution in [0.4, 0.5) is 0 Å². The van der Waals surface area contributed by atoms with Crippen LogP contribution in [0.2, 0.25) is 0 Å². The van der Waals surface area contributed by atoms with E-state index in [0.29, 0.717) is 31.7 Å². The van der Waals surface area contributed by atoms with Crippen molar-refractivity contribution in [2.24, 2.45) is 0 Å². The van der Waals surface area contributed by atoms with E-state index in [2.05, 4.69) is 10.3 Å². The Morgan fingerprint density at radius 3 is 2.65 bits per heavy atom. The van der Waals surface area contributed by atoms with Crippen LogP contribution in [0.3, 0.4) is 0 Å². The van der Waals surface area contributed by atoms with Gasteiger partial charge in [0.05, 0.1) is 5.52 Å². The number of hydrogen-bond acceptors (Lipinski definition) is 4. The van der Waals surface area contributed by atoms with E-state index in [1.165, 1.54) is 0 Å². The van der Waals surface area contributed by atoms with Crippen molar-refractivity contribution in [1.82, 2.24) is 24.5 Å². The Morgan fingerprint density at radius 2 is 2.00 bits per heavy atom. The lowest BCUT2D eigenvalue weighted by molar-refractivity contribution is -0.119. The summed E-state index contributed by atoms with van der Waals surface area (Å²) < 4.78 is 1.65. The summed E-state index contributed by atoms with van der Waals surface area (Å²) in [5, 5.41) is 2.89. The van der Waals surface area contributed by atoms with Crippen molar-refractivity contribution in [3.05, 3.63) is 35.9 Å². The second-order valence-electron chi connectivity index (χ2n) is 6.46. The van der Waals surface area contributed by atoms with Crippen molar-refractivity contribution in [1.29, 1.82) is 0 Å². The predicted molar refractivity (Wildman–Crippen MR) is 96.0 cm³/mol. The molecule has 1 saturated heterocycles. The molecule has 1 N–H and O–H groups in total. The van der Waals surface area contributed by atoms with Crippen LogP contribution in [0.5, 0.6) is 0 Å². The van der Waals surface area contributed by atoms with Crippen LogP contribution < -0.4 is 5.32 Å². The monoisotopic (exact) mass is 357 g/mol. The minimum Gasteiger partial charge on any atom is -0.347 e. The molecule has 0 bridgehead atoms. The topological polar surface area (TPSA) is 87.0 Å². The van der Waals surface area contributed by atoms with Crippen molar-refractivity contribution < 1.29 is 14.4 Å². The van der Waals surface area contributed by atoms with Gasteiger partial charge in [0.1, 0.15) is 0 Å². The highest BCUT2D eigenvalue weighted by atomic mass is 16.2. The van der Waals surface area contributed by atoms with Gasteiger partial charge in [-0.2, -0.15) is 0 Å². The van der Waals surface area contributed by atoms with Crippen molar-refractivity contribution >= 4 is 23.7 Å². The molecule has 2 aromatic rings. The van der Waals surface area contributed by atoms with Gasteiger partial charge in [-0.25, -0.2) is 4.98 Å². The molecule has 8 nitrogen and oxygen atoms in total. The molecule has 0 spiro atoms. The van der Waals surface area contributed by atoms with Gasteiger partial charge in [0.15, 0.2) is 5.69 Å². The average molecular weight is 357 g/mol. The molecule has 1 fully saturated rings. The maximum atomic E-state index is 12.9. The number of pyridine rings is 1. The van der Waals surface area contributed by atoms with Crippen LogP contribution in [0.15, 0.2) is 24.4 Å². The lowest BCUT2D eigenvalue weighted by Gasteiger charge is -2.32. The molecule has 3 rings (SSSR count). The van der Waals surface area contributed by atoms with E-state index in [1.54, 1.807) is 32.5 Å². The molecule has 2 aromatic heterocycles. The smallest absolute Gasteiger partial charge is 0.287 e. The van der Waals surface area contributed by atoms with Gasteiger partial charge in [-0.3, -0.25) is 18.8 Å². The van der Waals surface area contributed by atoms with Gasteiger partial charge in [0.2, 0.25) is 12.2 Å². The maximum absolute atomic E-state index is 12.9. The van der Waals surface area contributed by atoms with Crippen LogP contribution in [0.25, 0.3) is 5.52 Å². The number of hydrogen-bond donors (Lipinski definition) is 1. The molecule has 1 unspecified atom stereocenters. The lowest BCUT2D eigenvalue weighted by Crippen LogP contribution is -2.48. The summed E-state index contributed by atoms with van der Waals surface area (Å²) in [5.74, 6) is -0.317. The molecule has 1 aliphatic heterocycles. The Bertz CT molecular complexity index is 823. The minimum atomic E-state index is -0.301. The van der Waals surface area contributed by atoms with Gasteiger partial charge in [0, 0.05) is 38.4 Å². The number of fused-ring (bicyclic) bond motifs is 1. The summed E-state index contributed by atoms with van der Waals surface area (Å²) in [4.78, 5) is 44.0. The van der Waals surface area contributed by atoms with Crippen LogP contribution in [0, 0.1) is 0 Å². The number of piperazine rings is 1. The Morgan fingerprint density at radius 1 is 1.27 bits per heavy atom. The van der Waals surface area contributed by atoms with Gasteiger partial charge >= 0.3 is 0 Å². The van der Waals surface area contributed by atoms with Crippen molar-refractivity contribution in [3.63, 3.8) is 0 Å². The molecule has 138 valence electrons.